The van der Waals surface area contributed by atoms with Gasteiger partial charge < -0.3 is 10.1 Å². The lowest BCUT2D eigenvalue weighted by Gasteiger charge is -2.13. The summed E-state index contributed by atoms with van der Waals surface area (Å²) in [5.41, 5.74) is 2.40. The predicted octanol–water partition coefficient (Wildman–Crippen LogP) is 6.68. The Morgan fingerprint density at radius 3 is 2.67 bits per heavy atom. The highest BCUT2D eigenvalue weighted by atomic mass is 35.5. The number of nitrogens with zero attached hydrogens (tertiary/aromatic N) is 1. The molecule has 3 aromatic rings. The average Bonchev–Trinajstić information content (AvgIpc) is 3.55. The Labute approximate surface area is 190 Å². The molecule has 1 amide bonds. The number of rotatable bonds is 7. The maximum absolute atomic E-state index is 12.8. The number of hydrogen-bond acceptors (Lipinski definition) is 3. The molecule has 0 bridgehead atoms. The molecule has 1 N–H and O–H groups in total. The number of halogens is 3. The molecule has 0 atom stereocenters. The van der Waals surface area contributed by atoms with Crippen LogP contribution in [0.5, 0.6) is 11.5 Å². The maximum Gasteiger partial charge on any atom is 0.256 e. The molecule has 1 aromatic heterocycles. The van der Waals surface area contributed by atoms with E-state index in [9.17, 15) is 4.79 Å². The third-order valence-corrected chi connectivity index (χ3v) is 5.80. The van der Waals surface area contributed by atoms with Gasteiger partial charge in [-0.3, -0.25) is 9.78 Å². The van der Waals surface area contributed by atoms with Crippen molar-refractivity contribution < 1.29 is 9.53 Å². The minimum atomic E-state index is -0.333. The smallest absolute Gasteiger partial charge is 0.256 e. The first-order valence-corrected chi connectivity index (χ1v) is 10.8. The van der Waals surface area contributed by atoms with Crippen LogP contribution in [-0.4, -0.2) is 17.4 Å². The van der Waals surface area contributed by atoms with E-state index in [-0.39, 0.29) is 16.5 Å². The van der Waals surface area contributed by atoms with Crippen LogP contribution in [0, 0.1) is 0 Å². The standard InChI is InChI=1S/C23H19Cl3N2O2/c24-17-7-6-15(19(25)11-17)8-9-28-23(29)22-20(26)12-27-13-21(22)30-18-3-1-2-16(10-18)14-4-5-14/h1-3,6-7,10-14H,4-5,8-9H2,(H,28,29). The molecule has 1 fully saturated rings. The number of amides is 1. The van der Waals surface area contributed by atoms with Crippen molar-refractivity contribution in [2.75, 3.05) is 6.54 Å². The monoisotopic (exact) mass is 460 g/mol. The molecule has 30 heavy (non-hydrogen) atoms. The van der Waals surface area contributed by atoms with E-state index in [1.807, 2.05) is 24.3 Å². The minimum absolute atomic E-state index is 0.230. The molecule has 4 nitrogen and oxygen atoms in total. The van der Waals surface area contributed by atoms with Gasteiger partial charge in [-0.1, -0.05) is 53.0 Å². The first kappa shape index (κ1) is 21.0. The van der Waals surface area contributed by atoms with Crippen LogP contribution in [0.4, 0.5) is 0 Å². The Bertz CT molecular complexity index is 1080. The Morgan fingerprint density at radius 1 is 1.07 bits per heavy atom. The van der Waals surface area contributed by atoms with E-state index in [0.717, 1.165) is 5.56 Å². The molecule has 0 unspecified atom stereocenters. The summed E-state index contributed by atoms with van der Waals surface area (Å²) in [5, 5.41) is 4.24. The van der Waals surface area contributed by atoms with E-state index in [1.54, 1.807) is 12.1 Å². The molecule has 0 radical (unpaired) electrons. The third-order valence-electron chi connectivity index (χ3n) is 4.92. The van der Waals surface area contributed by atoms with Crippen LogP contribution in [0.2, 0.25) is 15.1 Å². The van der Waals surface area contributed by atoms with Crippen LogP contribution < -0.4 is 10.1 Å². The number of nitrogens with one attached hydrogen (secondary N) is 1. The lowest BCUT2D eigenvalue weighted by atomic mass is 10.1. The highest BCUT2D eigenvalue weighted by molar-refractivity contribution is 6.35. The minimum Gasteiger partial charge on any atom is -0.455 e. The fourth-order valence-corrected chi connectivity index (χ4v) is 3.95. The Kier molecular flexibility index (Phi) is 6.47. The SMILES string of the molecule is O=C(NCCc1ccc(Cl)cc1Cl)c1c(Cl)cncc1Oc1cccc(C2CC2)c1. The number of pyridine rings is 1. The average molecular weight is 462 g/mol. The molecule has 0 spiro atoms. The van der Waals surface area contributed by atoms with Crippen molar-refractivity contribution in [3.05, 3.63) is 86.6 Å². The highest BCUT2D eigenvalue weighted by Crippen LogP contribution is 2.41. The first-order valence-electron chi connectivity index (χ1n) is 9.64. The van der Waals surface area contributed by atoms with Crippen molar-refractivity contribution in [3.8, 4) is 11.5 Å². The van der Waals surface area contributed by atoms with E-state index in [2.05, 4.69) is 16.4 Å². The maximum atomic E-state index is 12.8. The Balaban J connectivity index is 1.46. The van der Waals surface area contributed by atoms with Crippen molar-refractivity contribution in [1.29, 1.82) is 0 Å². The lowest BCUT2D eigenvalue weighted by molar-refractivity contribution is 0.0952. The number of ether oxygens (including phenoxy) is 1. The van der Waals surface area contributed by atoms with Gasteiger partial charge in [0.1, 0.15) is 11.3 Å². The van der Waals surface area contributed by atoms with Gasteiger partial charge in [0.05, 0.1) is 11.2 Å². The van der Waals surface area contributed by atoms with Gasteiger partial charge >= 0.3 is 0 Å². The molecular weight excluding hydrogens is 443 g/mol. The van der Waals surface area contributed by atoms with Crippen molar-refractivity contribution in [1.82, 2.24) is 10.3 Å². The number of carbonyl (C=O) groups excluding carboxylic acids is 1. The van der Waals surface area contributed by atoms with Gasteiger partial charge in [-0.15, -0.1) is 0 Å². The number of hydrogen-bond donors (Lipinski definition) is 1. The van der Waals surface area contributed by atoms with Gasteiger partial charge in [0.25, 0.3) is 5.91 Å². The number of carbonyl (C=O) groups is 1. The summed E-state index contributed by atoms with van der Waals surface area (Å²) < 4.78 is 5.98. The van der Waals surface area contributed by atoms with Gasteiger partial charge in [-0.05, 0) is 60.6 Å². The molecule has 154 valence electrons. The van der Waals surface area contributed by atoms with Crippen LogP contribution >= 0.6 is 34.8 Å². The predicted molar refractivity (Wildman–Crippen MR) is 120 cm³/mol. The molecule has 0 aliphatic heterocycles. The summed E-state index contributed by atoms with van der Waals surface area (Å²) in [6.45, 7) is 0.384. The third kappa shape index (κ3) is 5.07. The van der Waals surface area contributed by atoms with E-state index in [4.69, 9.17) is 39.5 Å². The second-order valence-electron chi connectivity index (χ2n) is 7.18. The number of benzene rings is 2. The van der Waals surface area contributed by atoms with Gasteiger partial charge in [0.2, 0.25) is 0 Å². The lowest BCUT2D eigenvalue weighted by Crippen LogP contribution is -2.26. The van der Waals surface area contributed by atoms with Gasteiger partial charge in [0.15, 0.2) is 5.75 Å². The Morgan fingerprint density at radius 2 is 1.90 bits per heavy atom. The first-order chi connectivity index (χ1) is 14.5. The van der Waals surface area contributed by atoms with E-state index < -0.39 is 0 Å². The van der Waals surface area contributed by atoms with Gasteiger partial charge in [-0.25, -0.2) is 0 Å². The van der Waals surface area contributed by atoms with Crippen LogP contribution in [0.3, 0.4) is 0 Å². The fourth-order valence-electron chi connectivity index (χ4n) is 3.21. The zero-order valence-corrected chi connectivity index (χ0v) is 18.3. The van der Waals surface area contributed by atoms with Crippen molar-refractivity contribution in [3.63, 3.8) is 0 Å². The van der Waals surface area contributed by atoms with Crippen molar-refractivity contribution in [2.45, 2.75) is 25.2 Å². The summed E-state index contributed by atoms with van der Waals surface area (Å²) in [5.74, 6) is 1.25. The molecular formula is C23H19Cl3N2O2. The zero-order chi connectivity index (χ0) is 21.1. The van der Waals surface area contributed by atoms with Crippen molar-refractivity contribution >= 4 is 40.7 Å². The summed E-state index contributed by atoms with van der Waals surface area (Å²) in [6, 6.07) is 13.2. The normalized spacial score (nSPS) is 13.2. The second-order valence-corrected chi connectivity index (χ2v) is 8.44. The highest BCUT2D eigenvalue weighted by Gasteiger charge is 2.24. The van der Waals surface area contributed by atoms with Crippen LogP contribution in [0.1, 0.15) is 40.2 Å². The second kappa shape index (κ2) is 9.25. The summed E-state index contributed by atoms with van der Waals surface area (Å²) in [6.07, 6.45) is 5.89. The summed E-state index contributed by atoms with van der Waals surface area (Å²) >= 11 is 18.4. The molecule has 1 saturated carbocycles. The molecule has 1 aliphatic rings. The van der Waals surface area contributed by atoms with Gasteiger partial charge in [0, 0.05) is 22.8 Å². The summed E-state index contributed by atoms with van der Waals surface area (Å²) in [7, 11) is 0. The largest absolute Gasteiger partial charge is 0.455 e. The molecule has 2 aromatic carbocycles. The topological polar surface area (TPSA) is 51.2 Å². The van der Waals surface area contributed by atoms with E-state index in [1.165, 1.54) is 30.8 Å². The molecule has 1 aliphatic carbocycles. The van der Waals surface area contributed by atoms with Crippen LogP contribution in [0.25, 0.3) is 0 Å². The van der Waals surface area contributed by atoms with Crippen LogP contribution in [-0.2, 0) is 6.42 Å². The van der Waals surface area contributed by atoms with Gasteiger partial charge in [-0.2, -0.15) is 0 Å². The molecule has 4 rings (SSSR count). The zero-order valence-electron chi connectivity index (χ0n) is 16.0. The molecule has 7 heteroatoms. The summed E-state index contributed by atoms with van der Waals surface area (Å²) in [4.78, 5) is 16.9. The quantitative estimate of drug-likeness (QED) is 0.427. The number of aromatic nitrogens is 1. The fraction of sp³-hybridized carbons (Fsp3) is 0.217. The van der Waals surface area contributed by atoms with Crippen LogP contribution in [0.15, 0.2) is 54.9 Å². The van der Waals surface area contributed by atoms with E-state index in [0.29, 0.717) is 40.4 Å². The van der Waals surface area contributed by atoms with Crippen molar-refractivity contribution in [2.24, 2.45) is 0 Å². The molecule has 1 heterocycles. The molecule has 0 saturated heterocycles. The Hall–Kier alpha value is -2.27. The van der Waals surface area contributed by atoms with E-state index >= 15 is 0 Å².